The summed E-state index contributed by atoms with van der Waals surface area (Å²) < 4.78 is 6.09. The Bertz CT molecular complexity index is 1150. The molecule has 0 N–H and O–H groups in total. The van der Waals surface area contributed by atoms with E-state index in [4.69, 9.17) is 4.42 Å². The van der Waals surface area contributed by atoms with Crippen LogP contribution in [0.4, 0.5) is 5.69 Å². The number of hydrogen-bond acceptors (Lipinski definition) is 3. The van der Waals surface area contributed by atoms with E-state index in [1.54, 1.807) is 12.1 Å². The normalized spacial score (nSPS) is 14.2. The van der Waals surface area contributed by atoms with Crippen molar-refractivity contribution < 1.29 is 9.34 Å². The van der Waals surface area contributed by atoms with E-state index in [0.717, 1.165) is 39.8 Å². The fourth-order valence-corrected chi connectivity index (χ4v) is 3.65. The summed E-state index contributed by atoms with van der Waals surface area (Å²) in [7, 11) is 0. The van der Waals surface area contributed by atoms with Crippen LogP contribution in [-0.2, 0) is 6.42 Å². The van der Waals surface area contributed by atoms with E-state index in [1.165, 1.54) is 24.5 Å². The van der Waals surface area contributed by atoms with Crippen molar-refractivity contribution >= 4 is 27.6 Å². The first kappa shape index (κ1) is 15.1. The lowest BCUT2D eigenvalue weighted by molar-refractivity contribution is -0.384. The Kier molecular flexibility index (Phi) is 3.32. The maximum atomic E-state index is 11.3. The van der Waals surface area contributed by atoms with Crippen LogP contribution in [0.5, 0.6) is 0 Å². The van der Waals surface area contributed by atoms with Crippen LogP contribution in [-0.4, -0.2) is 4.92 Å². The highest BCUT2D eigenvalue weighted by Crippen LogP contribution is 2.37. The van der Waals surface area contributed by atoms with Crippen molar-refractivity contribution in [1.82, 2.24) is 0 Å². The Morgan fingerprint density at radius 2 is 1.69 bits per heavy atom. The van der Waals surface area contributed by atoms with E-state index in [-0.39, 0.29) is 10.6 Å². The zero-order valence-electron chi connectivity index (χ0n) is 14.1. The van der Waals surface area contributed by atoms with Crippen LogP contribution < -0.4 is 0 Å². The highest BCUT2D eigenvalue weighted by Gasteiger charge is 2.22. The number of para-hydroxylation sites is 1. The third-order valence-corrected chi connectivity index (χ3v) is 5.17. The smallest absolute Gasteiger partial charge is 0.277 e. The van der Waals surface area contributed by atoms with E-state index in [1.807, 2.05) is 24.3 Å². The van der Waals surface area contributed by atoms with Crippen LogP contribution in [0.25, 0.3) is 33.1 Å². The lowest BCUT2D eigenvalue weighted by atomic mass is 10.0. The minimum absolute atomic E-state index is 0.106. The molecule has 1 heterocycles. The topological polar surface area (TPSA) is 56.3 Å². The van der Waals surface area contributed by atoms with E-state index < -0.39 is 0 Å². The second-order valence-electron chi connectivity index (χ2n) is 7.07. The highest BCUT2D eigenvalue weighted by molar-refractivity contribution is 6.06. The molecule has 26 heavy (non-hydrogen) atoms. The van der Waals surface area contributed by atoms with Crippen molar-refractivity contribution in [3.63, 3.8) is 0 Å². The van der Waals surface area contributed by atoms with Crippen LogP contribution in [0.2, 0.25) is 0 Å². The minimum atomic E-state index is -0.345. The SMILES string of the molecule is O=[N+]([O-])c1ccccc1-c1ccc2c(c1)oc1cc(CC3CC3)ccc12. The van der Waals surface area contributed by atoms with Crippen LogP contribution >= 0.6 is 0 Å². The first-order chi connectivity index (χ1) is 12.7. The van der Waals surface area contributed by atoms with Gasteiger partial charge in [-0.05, 0) is 60.6 Å². The van der Waals surface area contributed by atoms with Gasteiger partial charge in [-0.2, -0.15) is 0 Å². The number of nitro groups is 1. The number of furan rings is 1. The summed E-state index contributed by atoms with van der Waals surface area (Å²) in [5, 5.41) is 13.4. The summed E-state index contributed by atoms with van der Waals surface area (Å²) in [6, 6.07) is 19.1. The maximum Gasteiger partial charge on any atom is 0.277 e. The van der Waals surface area contributed by atoms with Crippen molar-refractivity contribution in [2.24, 2.45) is 5.92 Å². The second kappa shape index (κ2) is 5.70. The molecule has 0 unspecified atom stereocenters. The first-order valence-electron chi connectivity index (χ1n) is 8.88. The van der Waals surface area contributed by atoms with Crippen molar-refractivity contribution in [1.29, 1.82) is 0 Å². The van der Waals surface area contributed by atoms with Gasteiger partial charge in [-0.3, -0.25) is 10.1 Å². The molecule has 0 radical (unpaired) electrons. The molecule has 0 saturated heterocycles. The Labute approximate surface area is 150 Å². The fraction of sp³-hybridized carbons (Fsp3) is 0.182. The monoisotopic (exact) mass is 343 g/mol. The molecule has 0 amide bonds. The van der Waals surface area contributed by atoms with Crippen LogP contribution in [0.3, 0.4) is 0 Å². The van der Waals surface area contributed by atoms with E-state index in [2.05, 4.69) is 18.2 Å². The Morgan fingerprint density at radius 3 is 2.46 bits per heavy atom. The third kappa shape index (κ3) is 2.54. The van der Waals surface area contributed by atoms with Gasteiger partial charge in [0.1, 0.15) is 11.2 Å². The molecule has 4 aromatic rings. The van der Waals surface area contributed by atoms with Gasteiger partial charge in [0.2, 0.25) is 0 Å². The van der Waals surface area contributed by atoms with E-state index in [0.29, 0.717) is 5.56 Å². The van der Waals surface area contributed by atoms with Gasteiger partial charge < -0.3 is 4.42 Å². The number of benzene rings is 3. The van der Waals surface area contributed by atoms with Gasteiger partial charge in [-0.15, -0.1) is 0 Å². The molecular formula is C22H17NO3. The van der Waals surface area contributed by atoms with E-state index in [9.17, 15) is 10.1 Å². The van der Waals surface area contributed by atoms with Crippen molar-refractivity contribution in [3.8, 4) is 11.1 Å². The summed E-state index contributed by atoms with van der Waals surface area (Å²) in [5.74, 6) is 0.835. The highest BCUT2D eigenvalue weighted by atomic mass is 16.6. The maximum absolute atomic E-state index is 11.3. The summed E-state index contributed by atoms with van der Waals surface area (Å²) >= 11 is 0. The Morgan fingerprint density at radius 1 is 0.962 bits per heavy atom. The van der Waals surface area contributed by atoms with Gasteiger partial charge in [-0.25, -0.2) is 0 Å². The van der Waals surface area contributed by atoms with Gasteiger partial charge in [0, 0.05) is 16.8 Å². The predicted molar refractivity (Wildman–Crippen MR) is 102 cm³/mol. The number of nitro benzene ring substituents is 1. The van der Waals surface area contributed by atoms with Crippen molar-refractivity contribution in [3.05, 3.63) is 76.3 Å². The number of hydrogen-bond donors (Lipinski definition) is 0. The molecule has 0 spiro atoms. The number of nitrogens with zero attached hydrogens (tertiary/aromatic N) is 1. The molecule has 1 saturated carbocycles. The zero-order valence-corrected chi connectivity index (χ0v) is 14.1. The molecule has 4 heteroatoms. The predicted octanol–water partition coefficient (Wildman–Crippen LogP) is 6.11. The molecule has 0 aliphatic heterocycles. The lowest BCUT2D eigenvalue weighted by Gasteiger charge is -2.02. The second-order valence-corrected chi connectivity index (χ2v) is 7.07. The number of rotatable bonds is 4. The standard InChI is InChI=1S/C22H17NO3/c24-23(25)20-4-2-1-3-17(20)16-8-10-19-18-9-7-15(11-14-5-6-14)12-21(18)26-22(19)13-16/h1-4,7-10,12-14H,5-6,11H2. The minimum Gasteiger partial charge on any atom is -0.456 e. The van der Waals surface area contributed by atoms with Crippen LogP contribution in [0, 0.1) is 16.0 Å². The molecule has 1 aromatic heterocycles. The molecular weight excluding hydrogens is 326 g/mol. The lowest BCUT2D eigenvalue weighted by Crippen LogP contribution is -1.91. The summed E-state index contributed by atoms with van der Waals surface area (Å²) in [6.07, 6.45) is 3.78. The molecule has 5 rings (SSSR count). The molecule has 0 atom stereocenters. The Hall–Kier alpha value is -3.14. The molecule has 1 aliphatic rings. The summed E-state index contributed by atoms with van der Waals surface area (Å²) in [6.45, 7) is 0. The van der Waals surface area contributed by atoms with E-state index >= 15 is 0 Å². The average molecular weight is 343 g/mol. The van der Waals surface area contributed by atoms with Crippen LogP contribution in [0.15, 0.2) is 65.1 Å². The first-order valence-corrected chi connectivity index (χ1v) is 8.88. The van der Waals surface area contributed by atoms with Gasteiger partial charge in [0.25, 0.3) is 5.69 Å². The van der Waals surface area contributed by atoms with Crippen LogP contribution in [0.1, 0.15) is 18.4 Å². The quantitative estimate of drug-likeness (QED) is 0.331. The largest absolute Gasteiger partial charge is 0.456 e. The van der Waals surface area contributed by atoms with Gasteiger partial charge in [0.05, 0.1) is 10.5 Å². The van der Waals surface area contributed by atoms with Crippen molar-refractivity contribution in [2.75, 3.05) is 0 Å². The van der Waals surface area contributed by atoms with Gasteiger partial charge in [0.15, 0.2) is 0 Å². The molecule has 4 nitrogen and oxygen atoms in total. The molecule has 1 fully saturated rings. The zero-order chi connectivity index (χ0) is 17.7. The molecule has 3 aromatic carbocycles. The fourth-order valence-electron chi connectivity index (χ4n) is 3.65. The van der Waals surface area contributed by atoms with Gasteiger partial charge >= 0.3 is 0 Å². The number of fused-ring (bicyclic) bond motifs is 3. The third-order valence-electron chi connectivity index (χ3n) is 5.17. The summed E-state index contributed by atoms with van der Waals surface area (Å²) in [4.78, 5) is 11.0. The molecule has 1 aliphatic carbocycles. The van der Waals surface area contributed by atoms with Crippen molar-refractivity contribution in [2.45, 2.75) is 19.3 Å². The Balaban J connectivity index is 1.63. The summed E-state index contributed by atoms with van der Waals surface area (Å²) in [5.41, 5.74) is 4.47. The molecule has 0 bridgehead atoms. The van der Waals surface area contributed by atoms with Gasteiger partial charge in [-0.1, -0.05) is 30.3 Å². The molecule has 128 valence electrons. The average Bonchev–Trinajstić information content (AvgIpc) is 3.39.